The molecule has 0 unspecified atom stereocenters. The Morgan fingerprint density at radius 3 is 2.64 bits per heavy atom. The molecule has 0 spiro atoms. The van der Waals surface area contributed by atoms with Crippen LogP contribution in [0.25, 0.3) is 21.6 Å². The molecule has 0 N–H and O–H groups in total. The zero-order valence-corrected chi connectivity index (χ0v) is 17.2. The van der Waals surface area contributed by atoms with Gasteiger partial charge in [-0.25, -0.2) is 4.98 Å². The topological polar surface area (TPSA) is 63.9 Å². The van der Waals surface area contributed by atoms with Crippen LogP contribution in [-0.4, -0.2) is 43.4 Å². The number of benzene rings is 2. The summed E-state index contributed by atoms with van der Waals surface area (Å²) in [7, 11) is 3.72. The largest absolute Gasteiger partial charge is 0.338 e. The van der Waals surface area contributed by atoms with Gasteiger partial charge in [0.25, 0.3) is 0 Å². The van der Waals surface area contributed by atoms with Gasteiger partial charge in [0, 0.05) is 19.7 Å². The molecule has 2 aromatic carbocycles. The minimum absolute atomic E-state index is 0.0357. The first-order valence-corrected chi connectivity index (χ1v) is 10.6. The lowest BCUT2D eigenvalue weighted by molar-refractivity contribution is -0.127. The van der Waals surface area contributed by atoms with Crippen LogP contribution in [0, 0.1) is 0 Å². The van der Waals surface area contributed by atoms with E-state index in [2.05, 4.69) is 15.2 Å². The number of rotatable bonds is 6. The highest BCUT2D eigenvalue weighted by atomic mass is 32.2. The third kappa shape index (κ3) is 3.93. The second-order valence-electron chi connectivity index (χ2n) is 6.35. The van der Waals surface area contributed by atoms with E-state index < -0.39 is 0 Å². The molecular weight excluding hydrogens is 390 g/mol. The Labute approximate surface area is 171 Å². The molecule has 6 nitrogen and oxygen atoms in total. The summed E-state index contributed by atoms with van der Waals surface area (Å²) in [5.74, 6) is 1.13. The minimum Gasteiger partial charge on any atom is -0.338 e. The maximum Gasteiger partial charge on any atom is 0.233 e. The molecule has 0 aliphatic rings. The van der Waals surface area contributed by atoms with Crippen LogP contribution in [0.5, 0.6) is 0 Å². The van der Waals surface area contributed by atoms with Gasteiger partial charge in [-0.15, -0.1) is 21.5 Å². The van der Waals surface area contributed by atoms with E-state index in [-0.39, 0.29) is 5.91 Å². The molecule has 0 saturated carbocycles. The van der Waals surface area contributed by atoms with Gasteiger partial charge >= 0.3 is 0 Å². The van der Waals surface area contributed by atoms with E-state index in [4.69, 9.17) is 0 Å². The van der Waals surface area contributed by atoms with E-state index in [0.29, 0.717) is 12.3 Å². The summed E-state index contributed by atoms with van der Waals surface area (Å²) >= 11 is 3.02. The number of hydrogen-bond donors (Lipinski definition) is 0. The van der Waals surface area contributed by atoms with Crippen LogP contribution < -0.4 is 0 Å². The lowest BCUT2D eigenvalue weighted by atomic mass is 10.2. The normalized spacial score (nSPS) is 11.1. The van der Waals surface area contributed by atoms with E-state index in [0.717, 1.165) is 31.8 Å². The SMILES string of the molecule is CN(Cc1nc2ccccc2s1)C(=O)CSc1nnc(-c2ccccc2)n1C. The Morgan fingerprint density at radius 1 is 1.11 bits per heavy atom. The first-order chi connectivity index (χ1) is 13.6. The molecule has 142 valence electrons. The molecule has 2 aromatic heterocycles. The Hall–Kier alpha value is -2.71. The summed E-state index contributed by atoms with van der Waals surface area (Å²) in [4.78, 5) is 18.9. The van der Waals surface area contributed by atoms with Crippen LogP contribution in [-0.2, 0) is 18.4 Å². The number of carbonyl (C=O) groups excluding carboxylic acids is 1. The van der Waals surface area contributed by atoms with Gasteiger partial charge in [0.1, 0.15) is 5.01 Å². The molecule has 0 atom stereocenters. The summed E-state index contributed by atoms with van der Waals surface area (Å²) in [6.07, 6.45) is 0. The van der Waals surface area contributed by atoms with Gasteiger partial charge in [-0.2, -0.15) is 0 Å². The first-order valence-electron chi connectivity index (χ1n) is 8.78. The molecule has 0 saturated heterocycles. The van der Waals surface area contributed by atoms with Crippen molar-refractivity contribution in [3.05, 3.63) is 59.6 Å². The third-order valence-electron chi connectivity index (χ3n) is 4.33. The highest BCUT2D eigenvalue weighted by molar-refractivity contribution is 7.99. The lowest BCUT2D eigenvalue weighted by Crippen LogP contribution is -2.27. The summed E-state index contributed by atoms with van der Waals surface area (Å²) in [6, 6.07) is 17.9. The van der Waals surface area contributed by atoms with Gasteiger partial charge in [0.2, 0.25) is 5.91 Å². The molecule has 1 amide bonds. The smallest absolute Gasteiger partial charge is 0.233 e. The average Bonchev–Trinajstić information content (AvgIpc) is 3.29. The van der Waals surface area contributed by atoms with Crippen molar-refractivity contribution in [1.29, 1.82) is 0 Å². The van der Waals surface area contributed by atoms with Crippen molar-refractivity contribution in [2.75, 3.05) is 12.8 Å². The van der Waals surface area contributed by atoms with E-state index in [1.807, 2.05) is 66.2 Å². The van der Waals surface area contributed by atoms with Crippen LogP contribution >= 0.6 is 23.1 Å². The monoisotopic (exact) mass is 409 g/mol. The quantitative estimate of drug-likeness (QED) is 0.453. The molecule has 2 heterocycles. The standard InChI is InChI=1S/C20H19N5OS2/c1-24(12-17-21-15-10-6-7-11-16(15)28-17)18(26)13-27-20-23-22-19(25(20)2)14-8-4-3-5-9-14/h3-11H,12-13H2,1-2H3. The summed E-state index contributed by atoms with van der Waals surface area (Å²) in [5.41, 5.74) is 1.98. The molecule has 8 heteroatoms. The zero-order chi connectivity index (χ0) is 19.5. The number of para-hydroxylation sites is 1. The predicted octanol–water partition coefficient (Wildman–Crippen LogP) is 3.84. The molecule has 0 aliphatic heterocycles. The van der Waals surface area contributed by atoms with Gasteiger partial charge in [0.05, 0.1) is 22.5 Å². The van der Waals surface area contributed by atoms with E-state index in [9.17, 15) is 4.79 Å². The Bertz CT molecular complexity index is 1070. The minimum atomic E-state index is 0.0357. The van der Waals surface area contributed by atoms with Crippen molar-refractivity contribution < 1.29 is 4.79 Å². The highest BCUT2D eigenvalue weighted by Crippen LogP contribution is 2.24. The van der Waals surface area contributed by atoms with Crippen molar-refractivity contribution in [2.45, 2.75) is 11.7 Å². The van der Waals surface area contributed by atoms with Crippen LogP contribution in [0.1, 0.15) is 5.01 Å². The average molecular weight is 410 g/mol. The van der Waals surface area contributed by atoms with Crippen LogP contribution in [0.3, 0.4) is 0 Å². The van der Waals surface area contributed by atoms with Crippen LogP contribution in [0.4, 0.5) is 0 Å². The molecule has 28 heavy (non-hydrogen) atoms. The zero-order valence-electron chi connectivity index (χ0n) is 15.6. The molecule has 0 aliphatic carbocycles. The number of nitrogens with zero attached hydrogens (tertiary/aromatic N) is 5. The Morgan fingerprint density at radius 2 is 1.86 bits per heavy atom. The second kappa shape index (κ2) is 8.12. The second-order valence-corrected chi connectivity index (χ2v) is 8.40. The van der Waals surface area contributed by atoms with Gasteiger partial charge in [-0.1, -0.05) is 54.2 Å². The van der Waals surface area contributed by atoms with Crippen molar-refractivity contribution in [2.24, 2.45) is 7.05 Å². The highest BCUT2D eigenvalue weighted by Gasteiger charge is 2.16. The van der Waals surface area contributed by atoms with E-state index >= 15 is 0 Å². The number of aromatic nitrogens is 4. The maximum atomic E-state index is 12.5. The fourth-order valence-electron chi connectivity index (χ4n) is 2.79. The fourth-order valence-corrected chi connectivity index (χ4v) is 4.67. The number of fused-ring (bicyclic) bond motifs is 1. The maximum absolute atomic E-state index is 12.5. The summed E-state index contributed by atoms with van der Waals surface area (Å²) < 4.78 is 3.06. The number of amides is 1. The van der Waals surface area contributed by atoms with Gasteiger partial charge in [-0.05, 0) is 12.1 Å². The molecule has 4 rings (SSSR count). The van der Waals surface area contributed by atoms with Gasteiger partial charge in [0.15, 0.2) is 11.0 Å². The van der Waals surface area contributed by atoms with Crippen LogP contribution in [0.2, 0.25) is 0 Å². The number of thiazole rings is 1. The molecule has 0 bridgehead atoms. The molecule has 0 radical (unpaired) electrons. The summed E-state index contributed by atoms with van der Waals surface area (Å²) in [6.45, 7) is 0.507. The van der Waals surface area contributed by atoms with E-state index in [1.54, 1.807) is 23.3 Å². The van der Waals surface area contributed by atoms with Crippen LogP contribution in [0.15, 0.2) is 59.8 Å². The first kappa shape index (κ1) is 18.6. The molecule has 4 aromatic rings. The Balaban J connectivity index is 1.38. The fraction of sp³-hybridized carbons (Fsp3) is 0.200. The summed E-state index contributed by atoms with van der Waals surface area (Å²) in [5, 5.41) is 10.2. The van der Waals surface area contributed by atoms with Gasteiger partial charge in [-0.3, -0.25) is 4.79 Å². The molecule has 0 fully saturated rings. The number of hydrogen-bond acceptors (Lipinski definition) is 6. The predicted molar refractivity (Wildman–Crippen MR) is 113 cm³/mol. The van der Waals surface area contributed by atoms with Crippen molar-refractivity contribution in [3.8, 4) is 11.4 Å². The molecular formula is C20H19N5OS2. The van der Waals surface area contributed by atoms with Crippen molar-refractivity contribution in [1.82, 2.24) is 24.6 Å². The van der Waals surface area contributed by atoms with Crippen molar-refractivity contribution in [3.63, 3.8) is 0 Å². The van der Waals surface area contributed by atoms with Crippen molar-refractivity contribution >= 4 is 39.2 Å². The Kier molecular flexibility index (Phi) is 5.40. The number of carbonyl (C=O) groups is 1. The van der Waals surface area contributed by atoms with E-state index in [1.165, 1.54) is 11.8 Å². The number of thioether (sulfide) groups is 1. The lowest BCUT2D eigenvalue weighted by Gasteiger charge is -2.15. The van der Waals surface area contributed by atoms with Gasteiger partial charge < -0.3 is 9.47 Å². The third-order valence-corrected chi connectivity index (χ3v) is 6.35.